The molecular weight excluding hydrogens is 367 g/mol. The highest BCUT2D eigenvalue weighted by atomic mass is 19.1. The molecule has 0 atom stereocenters. The predicted molar refractivity (Wildman–Crippen MR) is 112 cm³/mol. The van der Waals surface area contributed by atoms with Crippen molar-refractivity contribution in [3.63, 3.8) is 0 Å². The lowest BCUT2D eigenvalue weighted by atomic mass is 10.1. The number of rotatable bonds is 8. The van der Waals surface area contributed by atoms with Crippen molar-refractivity contribution in [3.8, 4) is 11.5 Å². The second-order valence-corrected chi connectivity index (χ2v) is 6.91. The third kappa shape index (κ3) is 4.74. The van der Waals surface area contributed by atoms with E-state index in [9.17, 15) is 4.39 Å². The molecule has 0 bridgehead atoms. The monoisotopic (exact) mass is 390 g/mol. The van der Waals surface area contributed by atoms with Crippen LogP contribution >= 0.6 is 0 Å². The third-order valence-corrected chi connectivity index (χ3v) is 4.97. The largest absolute Gasteiger partial charge is 0.497 e. The van der Waals surface area contributed by atoms with Crippen LogP contribution in [0.4, 0.5) is 4.39 Å². The van der Waals surface area contributed by atoms with Crippen LogP contribution in [-0.4, -0.2) is 23.3 Å². The number of hydrogen-bond donors (Lipinski definition) is 0. The van der Waals surface area contributed by atoms with Gasteiger partial charge >= 0.3 is 0 Å². The molecule has 1 heterocycles. The standard InChI is InChI=1S/C24H23FN2O2/c1-28-21-7-2-19(3-8-21)13-15-29-22-9-4-18(5-10-22)12-14-27-17-26-23-16-20(25)6-11-24(23)27/h2-11,16-17H,12-15H2,1H3. The molecule has 0 saturated carbocycles. The molecule has 4 nitrogen and oxygen atoms in total. The Morgan fingerprint density at radius 3 is 2.28 bits per heavy atom. The highest BCUT2D eigenvalue weighted by molar-refractivity contribution is 5.75. The summed E-state index contributed by atoms with van der Waals surface area (Å²) in [6, 6.07) is 20.9. The van der Waals surface area contributed by atoms with Gasteiger partial charge in [0, 0.05) is 19.0 Å². The number of fused-ring (bicyclic) bond motifs is 1. The lowest BCUT2D eigenvalue weighted by Gasteiger charge is -2.09. The van der Waals surface area contributed by atoms with E-state index < -0.39 is 0 Å². The van der Waals surface area contributed by atoms with Gasteiger partial charge < -0.3 is 14.0 Å². The van der Waals surface area contributed by atoms with Crippen molar-refractivity contribution in [2.75, 3.05) is 13.7 Å². The molecule has 0 spiro atoms. The van der Waals surface area contributed by atoms with Gasteiger partial charge in [0.05, 0.1) is 31.1 Å². The molecule has 0 aliphatic carbocycles. The summed E-state index contributed by atoms with van der Waals surface area (Å²) in [5, 5.41) is 0. The lowest BCUT2D eigenvalue weighted by Crippen LogP contribution is -2.02. The Morgan fingerprint density at radius 1 is 0.862 bits per heavy atom. The van der Waals surface area contributed by atoms with Crippen LogP contribution in [0.2, 0.25) is 0 Å². The van der Waals surface area contributed by atoms with Crippen LogP contribution in [0.5, 0.6) is 11.5 Å². The normalized spacial score (nSPS) is 11.0. The molecule has 1 aromatic heterocycles. The van der Waals surface area contributed by atoms with E-state index in [1.54, 1.807) is 19.5 Å². The fraction of sp³-hybridized carbons (Fsp3) is 0.208. The van der Waals surface area contributed by atoms with Gasteiger partial charge in [-0.2, -0.15) is 0 Å². The minimum atomic E-state index is -0.259. The Balaban J connectivity index is 1.28. The maximum atomic E-state index is 13.3. The first-order chi connectivity index (χ1) is 14.2. The highest BCUT2D eigenvalue weighted by Crippen LogP contribution is 2.17. The summed E-state index contributed by atoms with van der Waals surface area (Å²) in [6.45, 7) is 1.42. The Hall–Kier alpha value is -3.34. The van der Waals surface area contributed by atoms with E-state index in [0.717, 1.165) is 36.4 Å². The maximum Gasteiger partial charge on any atom is 0.125 e. The van der Waals surface area contributed by atoms with E-state index in [4.69, 9.17) is 9.47 Å². The minimum Gasteiger partial charge on any atom is -0.497 e. The Bertz CT molecular complexity index is 1070. The van der Waals surface area contributed by atoms with Gasteiger partial charge in [-0.05, 0) is 53.9 Å². The van der Waals surface area contributed by atoms with Crippen LogP contribution in [-0.2, 0) is 19.4 Å². The Kier molecular flexibility index (Phi) is 5.75. The zero-order chi connectivity index (χ0) is 20.1. The molecule has 5 heteroatoms. The van der Waals surface area contributed by atoms with Gasteiger partial charge in [-0.1, -0.05) is 24.3 Å². The number of aryl methyl sites for hydroxylation is 2. The van der Waals surface area contributed by atoms with E-state index >= 15 is 0 Å². The zero-order valence-electron chi connectivity index (χ0n) is 16.3. The van der Waals surface area contributed by atoms with Crippen molar-refractivity contribution < 1.29 is 13.9 Å². The van der Waals surface area contributed by atoms with Crippen molar-refractivity contribution in [1.82, 2.24) is 9.55 Å². The lowest BCUT2D eigenvalue weighted by molar-refractivity contribution is 0.322. The van der Waals surface area contributed by atoms with Gasteiger partial charge in [-0.25, -0.2) is 9.37 Å². The molecule has 4 rings (SSSR count). The fourth-order valence-electron chi connectivity index (χ4n) is 3.30. The molecular formula is C24H23FN2O2. The van der Waals surface area contributed by atoms with Crippen LogP contribution in [0.1, 0.15) is 11.1 Å². The Labute approximate surface area is 169 Å². The third-order valence-electron chi connectivity index (χ3n) is 4.97. The van der Waals surface area contributed by atoms with E-state index in [1.165, 1.54) is 23.3 Å². The van der Waals surface area contributed by atoms with E-state index in [2.05, 4.69) is 29.2 Å². The van der Waals surface area contributed by atoms with Crippen LogP contribution in [0, 0.1) is 5.82 Å². The average molecular weight is 390 g/mol. The Morgan fingerprint density at radius 2 is 1.55 bits per heavy atom. The number of imidazole rings is 1. The second-order valence-electron chi connectivity index (χ2n) is 6.91. The molecule has 0 aliphatic heterocycles. The van der Waals surface area contributed by atoms with E-state index in [1.807, 2.05) is 28.8 Å². The quantitative estimate of drug-likeness (QED) is 0.422. The zero-order valence-corrected chi connectivity index (χ0v) is 16.3. The fourth-order valence-corrected chi connectivity index (χ4v) is 3.30. The minimum absolute atomic E-state index is 0.259. The van der Waals surface area contributed by atoms with Gasteiger partial charge in [-0.3, -0.25) is 0 Å². The maximum absolute atomic E-state index is 13.3. The van der Waals surface area contributed by atoms with Crippen molar-refractivity contribution >= 4 is 11.0 Å². The SMILES string of the molecule is COc1ccc(CCOc2ccc(CCn3cnc4cc(F)ccc43)cc2)cc1. The molecule has 0 saturated heterocycles. The summed E-state index contributed by atoms with van der Waals surface area (Å²) < 4.78 is 26.4. The van der Waals surface area contributed by atoms with Crippen LogP contribution < -0.4 is 9.47 Å². The molecule has 0 amide bonds. The summed E-state index contributed by atoms with van der Waals surface area (Å²) >= 11 is 0. The van der Waals surface area contributed by atoms with Gasteiger partial charge in [0.2, 0.25) is 0 Å². The summed E-state index contributed by atoms with van der Waals surface area (Å²) in [4.78, 5) is 4.27. The molecule has 29 heavy (non-hydrogen) atoms. The number of aromatic nitrogens is 2. The summed E-state index contributed by atoms with van der Waals surface area (Å²) in [7, 11) is 1.67. The second kappa shape index (κ2) is 8.78. The number of benzene rings is 3. The van der Waals surface area contributed by atoms with Crippen molar-refractivity contribution in [1.29, 1.82) is 0 Å². The van der Waals surface area contributed by atoms with Crippen molar-refractivity contribution in [2.45, 2.75) is 19.4 Å². The molecule has 0 aliphatic rings. The topological polar surface area (TPSA) is 36.3 Å². The smallest absolute Gasteiger partial charge is 0.125 e. The summed E-state index contributed by atoms with van der Waals surface area (Å²) in [5.41, 5.74) is 4.07. The number of ether oxygens (including phenoxy) is 2. The summed E-state index contributed by atoms with van der Waals surface area (Å²) in [5.74, 6) is 1.47. The first-order valence-electron chi connectivity index (χ1n) is 9.66. The van der Waals surface area contributed by atoms with Gasteiger partial charge in [-0.15, -0.1) is 0 Å². The van der Waals surface area contributed by atoms with Crippen LogP contribution in [0.15, 0.2) is 73.1 Å². The van der Waals surface area contributed by atoms with E-state index in [-0.39, 0.29) is 5.82 Å². The number of hydrogen-bond acceptors (Lipinski definition) is 3. The predicted octanol–water partition coefficient (Wildman–Crippen LogP) is 5.05. The van der Waals surface area contributed by atoms with Crippen molar-refractivity contribution in [2.24, 2.45) is 0 Å². The molecule has 3 aromatic carbocycles. The number of nitrogens with zero attached hydrogens (tertiary/aromatic N) is 2. The molecule has 0 fully saturated rings. The van der Waals surface area contributed by atoms with Gasteiger partial charge in [0.15, 0.2) is 0 Å². The molecule has 148 valence electrons. The van der Waals surface area contributed by atoms with E-state index in [0.29, 0.717) is 12.1 Å². The first kappa shape index (κ1) is 19.0. The average Bonchev–Trinajstić information content (AvgIpc) is 3.15. The molecule has 0 N–H and O–H groups in total. The van der Waals surface area contributed by atoms with Crippen LogP contribution in [0.25, 0.3) is 11.0 Å². The number of halogens is 1. The van der Waals surface area contributed by atoms with Crippen molar-refractivity contribution in [3.05, 3.63) is 90.0 Å². The molecule has 0 radical (unpaired) electrons. The highest BCUT2D eigenvalue weighted by Gasteiger charge is 2.04. The van der Waals surface area contributed by atoms with Crippen LogP contribution in [0.3, 0.4) is 0 Å². The van der Waals surface area contributed by atoms with Gasteiger partial charge in [0.1, 0.15) is 17.3 Å². The summed E-state index contributed by atoms with van der Waals surface area (Å²) in [6.07, 6.45) is 3.48. The van der Waals surface area contributed by atoms with Gasteiger partial charge in [0.25, 0.3) is 0 Å². The molecule has 4 aromatic rings. The number of methoxy groups -OCH3 is 1. The molecule has 0 unspecified atom stereocenters. The first-order valence-corrected chi connectivity index (χ1v) is 9.66.